The van der Waals surface area contributed by atoms with Crippen molar-refractivity contribution in [3.05, 3.63) is 52.8 Å². The quantitative estimate of drug-likeness (QED) is 0.785. The van der Waals surface area contributed by atoms with Gasteiger partial charge in [-0.3, -0.25) is 4.79 Å². The topological polar surface area (TPSA) is 55.3 Å². The largest absolute Gasteiger partial charge is 0.458 e. The van der Waals surface area contributed by atoms with Crippen LogP contribution in [0.2, 0.25) is 5.02 Å². The first-order valence-electron chi connectivity index (χ1n) is 8.39. The molecular weight excluding hydrogens is 383 g/mol. The van der Waals surface area contributed by atoms with Crippen molar-refractivity contribution >= 4 is 17.5 Å². The van der Waals surface area contributed by atoms with Gasteiger partial charge in [0.05, 0.1) is 35.9 Å². The molecule has 1 aliphatic rings. The third-order valence-electron chi connectivity index (χ3n) is 4.24. The van der Waals surface area contributed by atoms with Crippen LogP contribution in [0.1, 0.15) is 24.0 Å². The van der Waals surface area contributed by atoms with Gasteiger partial charge in [0.2, 0.25) is 5.91 Å². The number of carbonyl (C=O) groups excluding carboxylic acids is 1. The van der Waals surface area contributed by atoms with E-state index in [1.807, 2.05) is 0 Å². The first-order chi connectivity index (χ1) is 12.8. The van der Waals surface area contributed by atoms with Crippen LogP contribution in [0.4, 0.5) is 13.2 Å². The molecular formula is C18H17ClF3N3O2. The van der Waals surface area contributed by atoms with Crippen LogP contribution in [0.3, 0.4) is 0 Å². The number of likely N-dealkylation sites (tertiary alicyclic amines) is 1. The van der Waals surface area contributed by atoms with Crippen LogP contribution in [0.15, 0.2) is 36.7 Å². The highest BCUT2D eigenvalue weighted by Gasteiger charge is 2.30. The first kappa shape index (κ1) is 19.4. The highest BCUT2D eigenvalue weighted by molar-refractivity contribution is 6.30. The predicted octanol–water partition coefficient (Wildman–Crippen LogP) is 3.76. The summed E-state index contributed by atoms with van der Waals surface area (Å²) in [5.41, 5.74) is -0.190. The smallest absolute Gasteiger partial charge is 0.416 e. The maximum atomic E-state index is 12.6. The van der Waals surface area contributed by atoms with E-state index in [4.69, 9.17) is 16.3 Å². The van der Waals surface area contributed by atoms with E-state index in [-0.39, 0.29) is 24.4 Å². The van der Waals surface area contributed by atoms with Crippen molar-refractivity contribution < 1.29 is 22.7 Å². The summed E-state index contributed by atoms with van der Waals surface area (Å²) in [5, 5.41) is 0.402. The highest BCUT2D eigenvalue weighted by Crippen LogP contribution is 2.29. The van der Waals surface area contributed by atoms with Gasteiger partial charge in [0.1, 0.15) is 6.10 Å². The van der Waals surface area contributed by atoms with Crippen molar-refractivity contribution in [2.45, 2.75) is 31.5 Å². The molecule has 2 aromatic rings. The monoisotopic (exact) mass is 399 g/mol. The van der Waals surface area contributed by atoms with Gasteiger partial charge in [-0.2, -0.15) is 13.2 Å². The molecule has 1 aromatic carbocycles. The fourth-order valence-electron chi connectivity index (χ4n) is 2.87. The lowest BCUT2D eigenvalue weighted by Crippen LogP contribution is -2.45. The summed E-state index contributed by atoms with van der Waals surface area (Å²) in [6.45, 7) is 0.965. The molecule has 0 radical (unpaired) electrons. The van der Waals surface area contributed by atoms with Crippen molar-refractivity contribution in [3.8, 4) is 6.01 Å². The molecule has 0 N–H and O–H groups in total. The molecule has 1 saturated heterocycles. The molecule has 1 aliphatic heterocycles. The molecule has 0 saturated carbocycles. The summed E-state index contributed by atoms with van der Waals surface area (Å²) in [6.07, 6.45) is -0.198. The third kappa shape index (κ3) is 5.32. The summed E-state index contributed by atoms with van der Waals surface area (Å²) in [6, 6.07) is 4.84. The van der Waals surface area contributed by atoms with Crippen molar-refractivity contribution in [3.63, 3.8) is 0 Å². The minimum atomic E-state index is -4.39. The van der Waals surface area contributed by atoms with Crippen LogP contribution in [0.5, 0.6) is 6.01 Å². The van der Waals surface area contributed by atoms with Gasteiger partial charge in [-0.1, -0.05) is 23.7 Å². The number of amides is 1. The van der Waals surface area contributed by atoms with Gasteiger partial charge in [-0.25, -0.2) is 9.97 Å². The van der Waals surface area contributed by atoms with E-state index in [0.717, 1.165) is 25.0 Å². The maximum absolute atomic E-state index is 12.6. The van der Waals surface area contributed by atoms with Crippen LogP contribution in [0.25, 0.3) is 0 Å². The van der Waals surface area contributed by atoms with E-state index in [2.05, 4.69) is 9.97 Å². The molecule has 9 heteroatoms. The molecule has 0 bridgehead atoms. The Hall–Kier alpha value is -2.35. The molecule has 1 fully saturated rings. The lowest BCUT2D eigenvalue weighted by atomic mass is 10.1. The number of hydrogen-bond acceptors (Lipinski definition) is 4. The van der Waals surface area contributed by atoms with E-state index >= 15 is 0 Å². The standard InChI is InChI=1S/C18H17ClF3N3O2/c19-14-9-23-17(24-10-14)27-15-2-1-7-25(11-15)16(26)8-12-3-5-13(6-4-12)18(20,21)22/h3-6,9-10,15H,1-2,7-8,11H2. The summed E-state index contributed by atoms with van der Waals surface area (Å²) in [4.78, 5) is 22.1. The normalized spacial score (nSPS) is 17.6. The summed E-state index contributed by atoms with van der Waals surface area (Å²) >= 11 is 5.74. The average molecular weight is 400 g/mol. The molecule has 2 heterocycles. The zero-order valence-electron chi connectivity index (χ0n) is 14.2. The second-order valence-corrected chi connectivity index (χ2v) is 6.71. The van der Waals surface area contributed by atoms with Crippen molar-refractivity contribution in [1.29, 1.82) is 0 Å². The number of carbonyl (C=O) groups is 1. The Morgan fingerprint density at radius 2 is 1.89 bits per heavy atom. The molecule has 1 amide bonds. The van der Waals surface area contributed by atoms with E-state index in [9.17, 15) is 18.0 Å². The van der Waals surface area contributed by atoms with Crippen LogP contribution in [-0.4, -0.2) is 40.0 Å². The Kier molecular flexibility index (Phi) is 5.84. The Morgan fingerprint density at radius 3 is 2.52 bits per heavy atom. The molecule has 1 aromatic heterocycles. The molecule has 27 heavy (non-hydrogen) atoms. The maximum Gasteiger partial charge on any atom is 0.416 e. The number of aromatic nitrogens is 2. The fourth-order valence-corrected chi connectivity index (χ4v) is 2.97. The van der Waals surface area contributed by atoms with E-state index < -0.39 is 11.7 Å². The van der Waals surface area contributed by atoms with Crippen LogP contribution in [-0.2, 0) is 17.4 Å². The Labute approximate surface area is 159 Å². The second-order valence-electron chi connectivity index (χ2n) is 6.28. The SMILES string of the molecule is O=C(Cc1ccc(C(F)(F)F)cc1)N1CCCC(Oc2ncc(Cl)cn2)C1. The third-order valence-corrected chi connectivity index (χ3v) is 4.43. The van der Waals surface area contributed by atoms with Crippen molar-refractivity contribution in [1.82, 2.24) is 14.9 Å². The summed E-state index contributed by atoms with van der Waals surface area (Å²) in [7, 11) is 0. The number of piperidine rings is 1. The molecule has 0 aliphatic carbocycles. The van der Waals surface area contributed by atoms with Gasteiger partial charge in [0.15, 0.2) is 0 Å². The highest BCUT2D eigenvalue weighted by atomic mass is 35.5. The number of hydrogen-bond donors (Lipinski definition) is 0. The number of halogens is 4. The molecule has 1 unspecified atom stereocenters. The number of ether oxygens (including phenoxy) is 1. The zero-order valence-corrected chi connectivity index (χ0v) is 15.0. The minimum absolute atomic E-state index is 0.0440. The summed E-state index contributed by atoms with van der Waals surface area (Å²) < 4.78 is 43.5. The molecule has 0 spiro atoms. The first-order valence-corrected chi connectivity index (χ1v) is 8.77. The number of benzene rings is 1. The fraction of sp³-hybridized carbons (Fsp3) is 0.389. The van der Waals surface area contributed by atoms with Gasteiger partial charge in [0.25, 0.3) is 0 Å². The van der Waals surface area contributed by atoms with Crippen molar-refractivity contribution in [2.24, 2.45) is 0 Å². The van der Waals surface area contributed by atoms with Gasteiger partial charge in [-0.05, 0) is 30.5 Å². The van der Waals surface area contributed by atoms with E-state index in [1.165, 1.54) is 24.5 Å². The Balaban J connectivity index is 1.57. The lowest BCUT2D eigenvalue weighted by Gasteiger charge is -2.32. The number of alkyl halides is 3. The number of rotatable bonds is 4. The average Bonchev–Trinajstić information content (AvgIpc) is 2.63. The van der Waals surface area contributed by atoms with Crippen LogP contribution >= 0.6 is 11.6 Å². The van der Waals surface area contributed by atoms with E-state index in [1.54, 1.807) is 4.90 Å². The molecule has 3 rings (SSSR count). The van der Waals surface area contributed by atoms with Gasteiger partial charge < -0.3 is 9.64 Å². The Bertz CT molecular complexity index is 782. The molecule has 5 nitrogen and oxygen atoms in total. The molecule has 1 atom stereocenters. The van der Waals surface area contributed by atoms with Gasteiger partial charge >= 0.3 is 12.2 Å². The van der Waals surface area contributed by atoms with Crippen LogP contribution < -0.4 is 4.74 Å². The zero-order chi connectivity index (χ0) is 19.4. The van der Waals surface area contributed by atoms with Gasteiger partial charge in [-0.15, -0.1) is 0 Å². The van der Waals surface area contributed by atoms with Crippen LogP contribution in [0, 0.1) is 0 Å². The second kappa shape index (κ2) is 8.12. The minimum Gasteiger partial charge on any atom is -0.458 e. The Morgan fingerprint density at radius 1 is 1.22 bits per heavy atom. The van der Waals surface area contributed by atoms with Gasteiger partial charge in [0, 0.05) is 6.54 Å². The molecule has 144 valence electrons. The van der Waals surface area contributed by atoms with E-state index in [0.29, 0.717) is 23.7 Å². The summed E-state index contributed by atoms with van der Waals surface area (Å²) in [5.74, 6) is -0.153. The number of nitrogens with zero attached hydrogens (tertiary/aromatic N) is 3. The predicted molar refractivity (Wildman–Crippen MR) is 92.4 cm³/mol. The lowest BCUT2D eigenvalue weighted by molar-refractivity contribution is -0.137. The van der Waals surface area contributed by atoms with Crippen molar-refractivity contribution in [2.75, 3.05) is 13.1 Å².